The maximum Gasteiger partial charge on any atom is 0.146 e. The van der Waals surface area contributed by atoms with Gasteiger partial charge in [0.2, 0.25) is 0 Å². The molecule has 0 aliphatic carbocycles. The number of nitrogens with one attached hydrogen (secondary N) is 1. The van der Waals surface area contributed by atoms with Gasteiger partial charge in [-0.2, -0.15) is 5.26 Å². The lowest BCUT2D eigenvalue weighted by Gasteiger charge is -2.30. The molecule has 3 heterocycles. The molecule has 0 radical (unpaired) electrons. The van der Waals surface area contributed by atoms with Crippen molar-refractivity contribution in [1.29, 1.82) is 5.26 Å². The summed E-state index contributed by atoms with van der Waals surface area (Å²) in [4.78, 5) is 9.42. The van der Waals surface area contributed by atoms with E-state index in [0.29, 0.717) is 16.8 Å². The van der Waals surface area contributed by atoms with Crippen LogP contribution in [0.3, 0.4) is 0 Å². The van der Waals surface area contributed by atoms with Crippen molar-refractivity contribution in [1.82, 2.24) is 9.97 Å². The summed E-state index contributed by atoms with van der Waals surface area (Å²) in [5.41, 5.74) is 1.81. The lowest BCUT2D eigenvalue weighted by molar-refractivity contribution is 0.632. The molecule has 2 aromatic heterocycles. The Morgan fingerprint density at radius 2 is 2.11 bits per heavy atom. The van der Waals surface area contributed by atoms with Gasteiger partial charge in [0, 0.05) is 34.0 Å². The molecular weight excluding hydrogens is 341 g/mol. The maximum atomic E-state index is 14.0. The van der Waals surface area contributed by atoms with Gasteiger partial charge in [-0.25, -0.2) is 9.37 Å². The highest BCUT2D eigenvalue weighted by Gasteiger charge is 2.20. The van der Waals surface area contributed by atoms with Crippen molar-refractivity contribution in [2.24, 2.45) is 0 Å². The summed E-state index contributed by atoms with van der Waals surface area (Å²) in [6.45, 7) is -2.77. The molecule has 1 aromatic carbocycles. The van der Waals surface area contributed by atoms with Crippen LogP contribution in [0.4, 0.5) is 21.6 Å². The van der Waals surface area contributed by atoms with Crippen molar-refractivity contribution >= 4 is 17.2 Å². The van der Waals surface area contributed by atoms with Gasteiger partial charge in [0.25, 0.3) is 0 Å². The Morgan fingerprint density at radius 3 is 2.89 bits per heavy atom. The SMILES string of the molecule is [2H]C1([2H])Cc2ncc(Nc3ccccc3F)cc2C([2H])([2H])N1c1ncc(C#N)cc1C. The van der Waals surface area contributed by atoms with Gasteiger partial charge in [0.05, 0.1) is 25.9 Å². The number of pyridine rings is 2. The molecule has 0 saturated carbocycles. The first-order valence-electron chi connectivity index (χ1n) is 10.3. The van der Waals surface area contributed by atoms with Crippen molar-refractivity contribution in [3.63, 3.8) is 0 Å². The van der Waals surface area contributed by atoms with E-state index in [9.17, 15) is 4.39 Å². The Hall–Kier alpha value is -3.46. The van der Waals surface area contributed by atoms with Crippen molar-refractivity contribution in [2.45, 2.75) is 19.8 Å². The average Bonchev–Trinajstić information content (AvgIpc) is 2.71. The van der Waals surface area contributed by atoms with E-state index in [0.717, 1.165) is 4.90 Å². The number of fused-ring (bicyclic) bond motifs is 1. The summed E-state index contributed by atoms with van der Waals surface area (Å²) in [6, 6.07) is 11.1. The molecule has 1 aliphatic heterocycles. The highest BCUT2D eigenvalue weighted by Crippen LogP contribution is 2.27. The summed E-state index contributed by atoms with van der Waals surface area (Å²) in [5.74, 6) is -0.356. The zero-order valence-corrected chi connectivity index (χ0v) is 14.5. The van der Waals surface area contributed by atoms with E-state index < -0.39 is 18.8 Å². The van der Waals surface area contributed by atoms with Crippen molar-refractivity contribution in [2.75, 3.05) is 16.7 Å². The van der Waals surface area contributed by atoms with E-state index in [4.69, 9.17) is 10.7 Å². The summed E-state index contributed by atoms with van der Waals surface area (Å²) in [5, 5.41) is 12.0. The molecule has 4 rings (SSSR count). The molecule has 1 N–H and O–H groups in total. The van der Waals surface area contributed by atoms with Gasteiger partial charge in [0.15, 0.2) is 0 Å². The quantitative estimate of drug-likeness (QED) is 0.759. The molecule has 27 heavy (non-hydrogen) atoms. The van der Waals surface area contributed by atoms with Crippen molar-refractivity contribution < 1.29 is 9.87 Å². The highest BCUT2D eigenvalue weighted by atomic mass is 19.1. The number of nitrogens with zero attached hydrogens (tertiary/aromatic N) is 4. The number of halogens is 1. The Labute approximate surface area is 162 Å². The van der Waals surface area contributed by atoms with Gasteiger partial charge in [0.1, 0.15) is 17.7 Å². The number of hydrogen-bond donors (Lipinski definition) is 1. The summed E-state index contributed by atoms with van der Waals surface area (Å²) in [7, 11) is 0. The minimum Gasteiger partial charge on any atom is -0.352 e. The van der Waals surface area contributed by atoms with Gasteiger partial charge in [-0.1, -0.05) is 12.1 Å². The first kappa shape index (κ1) is 12.8. The van der Waals surface area contributed by atoms with E-state index >= 15 is 0 Å². The molecule has 6 heteroatoms. The van der Waals surface area contributed by atoms with E-state index in [2.05, 4.69) is 15.3 Å². The van der Waals surface area contributed by atoms with Crippen LogP contribution in [0.1, 0.15) is 27.9 Å². The maximum absolute atomic E-state index is 14.0. The zero-order chi connectivity index (χ0) is 22.4. The molecule has 3 aromatic rings. The molecule has 0 saturated heterocycles. The van der Waals surface area contributed by atoms with Crippen LogP contribution in [0.2, 0.25) is 0 Å². The zero-order valence-electron chi connectivity index (χ0n) is 18.5. The summed E-state index contributed by atoms with van der Waals surface area (Å²) < 4.78 is 48.6. The predicted molar refractivity (Wildman–Crippen MR) is 102 cm³/mol. The fourth-order valence-corrected chi connectivity index (χ4v) is 2.82. The Balaban J connectivity index is 1.80. The molecule has 5 nitrogen and oxygen atoms in total. The molecular formula is C21H18FN5. The monoisotopic (exact) mass is 363 g/mol. The van der Waals surface area contributed by atoms with E-state index in [1.807, 2.05) is 6.07 Å². The number of nitriles is 1. The Morgan fingerprint density at radius 1 is 1.26 bits per heavy atom. The second-order valence-corrected chi connectivity index (χ2v) is 6.08. The summed E-state index contributed by atoms with van der Waals surface area (Å²) in [6.07, 6.45) is 2.56. The second-order valence-electron chi connectivity index (χ2n) is 6.08. The van der Waals surface area contributed by atoms with E-state index in [-0.39, 0.29) is 29.2 Å². The standard InChI is InChI=1S/C21H18FN5/c1-14-8-15(10-23)11-25-21(14)27-7-6-19-16(13-27)9-17(12-24-19)26-20-5-3-2-4-18(20)22/h2-5,8-9,11-12,26H,6-7,13H2,1H3/i7D2,13D2. The molecule has 134 valence electrons. The number of anilines is 3. The minimum absolute atomic E-state index is 0.104. The van der Waals surface area contributed by atoms with Gasteiger partial charge in [-0.3, -0.25) is 4.98 Å². The Kier molecular flexibility index (Phi) is 3.34. The van der Waals surface area contributed by atoms with Gasteiger partial charge >= 0.3 is 0 Å². The number of aromatic nitrogens is 2. The third-order valence-corrected chi connectivity index (χ3v) is 4.15. The summed E-state index contributed by atoms with van der Waals surface area (Å²) >= 11 is 0. The van der Waals surface area contributed by atoms with Crippen LogP contribution in [-0.4, -0.2) is 16.5 Å². The smallest absolute Gasteiger partial charge is 0.146 e. The number of aryl methyl sites for hydroxylation is 2. The molecule has 0 unspecified atom stereocenters. The van der Waals surface area contributed by atoms with Crippen LogP contribution in [-0.2, 0) is 12.9 Å². The van der Waals surface area contributed by atoms with Crippen LogP contribution >= 0.6 is 0 Å². The fourth-order valence-electron chi connectivity index (χ4n) is 2.82. The topological polar surface area (TPSA) is 64.8 Å². The van der Waals surface area contributed by atoms with Gasteiger partial charge < -0.3 is 10.2 Å². The molecule has 1 aliphatic rings. The number of benzene rings is 1. The number of rotatable bonds is 3. The fraction of sp³-hybridized carbons (Fsp3) is 0.190. The molecule has 0 spiro atoms. The molecule has 0 amide bonds. The number of hydrogen-bond acceptors (Lipinski definition) is 5. The van der Waals surface area contributed by atoms with Crippen LogP contribution < -0.4 is 10.2 Å². The van der Waals surface area contributed by atoms with Crippen LogP contribution in [0.5, 0.6) is 0 Å². The number of para-hydroxylation sites is 1. The van der Waals surface area contributed by atoms with Crippen LogP contribution in [0.25, 0.3) is 0 Å². The van der Waals surface area contributed by atoms with Crippen LogP contribution in [0.15, 0.2) is 48.8 Å². The van der Waals surface area contributed by atoms with E-state index in [1.165, 1.54) is 24.5 Å². The normalized spacial score (nSPS) is 18.9. The molecule has 0 fully saturated rings. The third kappa shape index (κ3) is 3.44. The molecule has 0 bridgehead atoms. The van der Waals surface area contributed by atoms with Crippen molar-refractivity contribution in [3.05, 3.63) is 77.0 Å². The predicted octanol–water partition coefficient (Wildman–Crippen LogP) is 4.10. The Bertz CT molecular complexity index is 1210. The largest absolute Gasteiger partial charge is 0.352 e. The minimum atomic E-state index is -2.30. The lowest BCUT2D eigenvalue weighted by Crippen LogP contribution is -2.32. The molecule has 0 atom stereocenters. The second kappa shape index (κ2) is 7.04. The first-order chi connectivity index (χ1) is 14.6. The van der Waals surface area contributed by atoms with Gasteiger partial charge in [-0.05, 0) is 42.3 Å². The lowest BCUT2D eigenvalue weighted by atomic mass is 10.0. The van der Waals surface area contributed by atoms with E-state index in [1.54, 1.807) is 31.2 Å². The first-order valence-corrected chi connectivity index (χ1v) is 8.31. The average molecular weight is 363 g/mol. The highest BCUT2D eigenvalue weighted by molar-refractivity contribution is 5.61. The van der Waals surface area contributed by atoms with Crippen LogP contribution in [0, 0.1) is 24.1 Å². The van der Waals surface area contributed by atoms with Gasteiger partial charge in [-0.15, -0.1) is 0 Å². The third-order valence-electron chi connectivity index (χ3n) is 4.15. The van der Waals surface area contributed by atoms with Crippen molar-refractivity contribution in [3.8, 4) is 6.07 Å².